The fourth-order valence-electron chi connectivity index (χ4n) is 2.51. The van der Waals surface area contributed by atoms with E-state index in [1.807, 2.05) is 6.08 Å². The van der Waals surface area contributed by atoms with Crippen LogP contribution in [0.5, 0.6) is 0 Å². The van der Waals surface area contributed by atoms with E-state index in [2.05, 4.69) is 68.0 Å². The molecule has 0 aliphatic carbocycles. The Balaban J connectivity index is 2.92. The molecule has 3 heteroatoms. The summed E-state index contributed by atoms with van der Waals surface area (Å²) in [5.74, 6) is 0.0722. The first-order chi connectivity index (χ1) is 11.0. The van der Waals surface area contributed by atoms with Crippen LogP contribution < -0.4 is 5.32 Å². The molecule has 1 aromatic carbocycles. The molecule has 1 aromatic rings. The third kappa shape index (κ3) is 6.31. The molecule has 0 heterocycles. The summed E-state index contributed by atoms with van der Waals surface area (Å²) in [5.41, 5.74) is 3.88. The molecule has 3 nitrogen and oxygen atoms in total. The Morgan fingerprint density at radius 2 is 2.13 bits per heavy atom. The monoisotopic (exact) mass is 314 g/mol. The van der Waals surface area contributed by atoms with Gasteiger partial charge in [-0.3, -0.25) is 4.79 Å². The van der Waals surface area contributed by atoms with Crippen molar-refractivity contribution >= 4 is 5.91 Å². The van der Waals surface area contributed by atoms with Gasteiger partial charge < -0.3 is 10.2 Å². The number of carbonyl (C=O) groups is 1. The van der Waals surface area contributed by atoms with Crippen molar-refractivity contribution in [2.75, 3.05) is 7.05 Å². The van der Waals surface area contributed by atoms with Gasteiger partial charge in [0.25, 0.3) is 0 Å². The van der Waals surface area contributed by atoms with E-state index >= 15 is 0 Å². The molecule has 126 valence electrons. The van der Waals surface area contributed by atoms with Crippen molar-refractivity contribution in [2.45, 2.75) is 52.6 Å². The number of amides is 1. The van der Waals surface area contributed by atoms with E-state index in [0.717, 1.165) is 19.4 Å². The van der Waals surface area contributed by atoms with Gasteiger partial charge in [-0.25, -0.2) is 0 Å². The minimum Gasteiger partial charge on any atom is -0.367 e. The number of benzene rings is 1. The van der Waals surface area contributed by atoms with Crippen LogP contribution in [0.4, 0.5) is 0 Å². The minimum atomic E-state index is 0.0722. The molecule has 0 saturated heterocycles. The molecule has 1 amide bonds. The van der Waals surface area contributed by atoms with Crippen molar-refractivity contribution in [2.24, 2.45) is 0 Å². The summed E-state index contributed by atoms with van der Waals surface area (Å²) < 4.78 is 0. The van der Waals surface area contributed by atoms with Crippen LogP contribution in [-0.2, 0) is 11.3 Å². The summed E-state index contributed by atoms with van der Waals surface area (Å²) in [6.45, 7) is 11.2. The first-order valence-electron chi connectivity index (χ1n) is 8.33. The van der Waals surface area contributed by atoms with Gasteiger partial charge in [0.05, 0.1) is 0 Å². The Morgan fingerprint density at radius 3 is 2.74 bits per heavy atom. The SMILES string of the molecule is C=CC(CCC(=O)NC)N(/C=C\CC)Cc1cc(C)ccc1C. The molecular weight excluding hydrogens is 284 g/mol. The highest BCUT2D eigenvalue weighted by atomic mass is 16.1. The van der Waals surface area contributed by atoms with Crippen LogP contribution in [0.15, 0.2) is 43.1 Å². The molecule has 0 aromatic heterocycles. The van der Waals surface area contributed by atoms with Crippen molar-refractivity contribution in [3.05, 3.63) is 59.8 Å². The van der Waals surface area contributed by atoms with Crippen LogP contribution in [0.2, 0.25) is 0 Å². The van der Waals surface area contributed by atoms with Crippen LogP contribution in [0.1, 0.15) is 42.9 Å². The highest BCUT2D eigenvalue weighted by molar-refractivity contribution is 5.75. The number of nitrogens with one attached hydrogen (secondary N) is 1. The zero-order valence-corrected chi connectivity index (χ0v) is 14.9. The highest BCUT2D eigenvalue weighted by Gasteiger charge is 2.15. The van der Waals surface area contributed by atoms with E-state index in [4.69, 9.17) is 0 Å². The average molecular weight is 314 g/mol. The molecule has 0 spiro atoms. The van der Waals surface area contributed by atoms with E-state index in [-0.39, 0.29) is 11.9 Å². The topological polar surface area (TPSA) is 32.3 Å². The van der Waals surface area contributed by atoms with Gasteiger partial charge in [0.1, 0.15) is 0 Å². The fraction of sp³-hybridized carbons (Fsp3) is 0.450. The Hall–Kier alpha value is -2.03. The van der Waals surface area contributed by atoms with Crippen LogP contribution >= 0.6 is 0 Å². The standard InChI is InChI=1S/C20H30N2O/c1-6-8-13-22(19(7-2)11-12-20(23)21-5)15-18-14-16(3)9-10-17(18)4/h7-10,13-14,19H,2,6,11-12,15H2,1,3-5H3,(H,21,23)/b13-8-. The lowest BCUT2D eigenvalue weighted by Gasteiger charge is -2.29. The summed E-state index contributed by atoms with van der Waals surface area (Å²) in [6, 6.07) is 6.69. The Labute approximate surface area is 141 Å². The van der Waals surface area contributed by atoms with Crippen molar-refractivity contribution in [3.8, 4) is 0 Å². The van der Waals surface area contributed by atoms with E-state index in [1.54, 1.807) is 7.05 Å². The predicted molar refractivity (Wildman–Crippen MR) is 98.2 cm³/mol. The number of aryl methyl sites for hydroxylation is 2. The summed E-state index contributed by atoms with van der Waals surface area (Å²) in [7, 11) is 1.68. The maximum atomic E-state index is 11.5. The maximum Gasteiger partial charge on any atom is 0.219 e. The minimum absolute atomic E-state index is 0.0722. The fourth-order valence-corrected chi connectivity index (χ4v) is 2.51. The number of carbonyl (C=O) groups excluding carboxylic acids is 1. The lowest BCUT2D eigenvalue weighted by atomic mass is 10.0. The normalized spacial score (nSPS) is 12.2. The number of allylic oxidation sites excluding steroid dienone is 1. The van der Waals surface area contributed by atoms with Gasteiger partial charge >= 0.3 is 0 Å². The quantitative estimate of drug-likeness (QED) is 0.696. The van der Waals surface area contributed by atoms with Gasteiger partial charge in [0.2, 0.25) is 5.91 Å². The number of rotatable bonds is 9. The second-order valence-corrected chi connectivity index (χ2v) is 5.91. The Morgan fingerprint density at radius 1 is 1.39 bits per heavy atom. The summed E-state index contributed by atoms with van der Waals surface area (Å²) in [4.78, 5) is 13.8. The largest absolute Gasteiger partial charge is 0.367 e. The lowest BCUT2D eigenvalue weighted by molar-refractivity contribution is -0.120. The average Bonchev–Trinajstić information content (AvgIpc) is 2.55. The molecule has 0 saturated carbocycles. The molecule has 1 N–H and O–H groups in total. The van der Waals surface area contributed by atoms with E-state index in [9.17, 15) is 4.79 Å². The molecule has 0 aliphatic heterocycles. The first kappa shape index (κ1) is 19.0. The van der Waals surface area contributed by atoms with Crippen LogP contribution in [0, 0.1) is 13.8 Å². The number of nitrogens with zero attached hydrogens (tertiary/aromatic N) is 1. The zero-order chi connectivity index (χ0) is 17.2. The van der Waals surface area contributed by atoms with Gasteiger partial charge in [-0.15, -0.1) is 6.58 Å². The zero-order valence-electron chi connectivity index (χ0n) is 14.9. The van der Waals surface area contributed by atoms with E-state index in [1.165, 1.54) is 16.7 Å². The van der Waals surface area contributed by atoms with Crippen molar-refractivity contribution in [1.82, 2.24) is 10.2 Å². The van der Waals surface area contributed by atoms with Gasteiger partial charge in [0, 0.05) is 26.1 Å². The Bertz CT molecular complexity index is 549. The maximum absolute atomic E-state index is 11.5. The van der Waals surface area contributed by atoms with Crippen molar-refractivity contribution in [1.29, 1.82) is 0 Å². The summed E-state index contributed by atoms with van der Waals surface area (Å²) >= 11 is 0. The summed E-state index contributed by atoms with van der Waals surface area (Å²) in [5, 5.41) is 2.68. The number of hydrogen-bond donors (Lipinski definition) is 1. The molecule has 0 bridgehead atoms. The molecular formula is C20H30N2O. The molecule has 1 unspecified atom stereocenters. The van der Waals surface area contributed by atoms with Crippen LogP contribution in [0.3, 0.4) is 0 Å². The summed E-state index contributed by atoms with van der Waals surface area (Å²) in [6.07, 6.45) is 8.49. The number of hydrogen-bond acceptors (Lipinski definition) is 2. The Kier molecular flexibility index (Phi) is 8.17. The molecule has 0 radical (unpaired) electrons. The molecule has 23 heavy (non-hydrogen) atoms. The highest BCUT2D eigenvalue weighted by Crippen LogP contribution is 2.18. The lowest BCUT2D eigenvalue weighted by Crippen LogP contribution is -2.30. The third-order valence-corrected chi connectivity index (χ3v) is 4.03. The van der Waals surface area contributed by atoms with Gasteiger partial charge in [-0.05, 0) is 44.0 Å². The van der Waals surface area contributed by atoms with Gasteiger partial charge in [-0.1, -0.05) is 42.8 Å². The van der Waals surface area contributed by atoms with Crippen LogP contribution in [0.25, 0.3) is 0 Å². The van der Waals surface area contributed by atoms with Crippen LogP contribution in [-0.4, -0.2) is 23.9 Å². The van der Waals surface area contributed by atoms with Crippen molar-refractivity contribution < 1.29 is 4.79 Å². The smallest absolute Gasteiger partial charge is 0.219 e. The second kappa shape index (κ2) is 9.88. The van der Waals surface area contributed by atoms with Gasteiger partial charge in [0.15, 0.2) is 0 Å². The second-order valence-electron chi connectivity index (χ2n) is 5.91. The van der Waals surface area contributed by atoms with Gasteiger partial charge in [-0.2, -0.15) is 0 Å². The molecule has 0 aliphatic rings. The molecule has 1 rings (SSSR count). The molecule has 0 fully saturated rings. The van der Waals surface area contributed by atoms with Crippen molar-refractivity contribution in [3.63, 3.8) is 0 Å². The van der Waals surface area contributed by atoms with E-state index < -0.39 is 0 Å². The molecule has 1 atom stereocenters. The predicted octanol–water partition coefficient (Wildman–Crippen LogP) is 4.11. The first-order valence-corrected chi connectivity index (χ1v) is 8.33. The van der Waals surface area contributed by atoms with E-state index in [0.29, 0.717) is 6.42 Å². The third-order valence-electron chi connectivity index (χ3n) is 4.03.